The molecule has 0 spiro atoms. The fourth-order valence-corrected chi connectivity index (χ4v) is 6.22. The van der Waals surface area contributed by atoms with Crippen molar-refractivity contribution in [3.8, 4) is 33.6 Å². The molecule has 51 heavy (non-hydrogen) atoms. The van der Waals surface area contributed by atoms with Crippen molar-refractivity contribution in [1.82, 2.24) is 15.0 Å². The van der Waals surface area contributed by atoms with Crippen LogP contribution in [0.5, 0.6) is 0 Å². The molecule has 0 saturated carbocycles. The van der Waals surface area contributed by atoms with Crippen molar-refractivity contribution in [2.75, 3.05) is 0 Å². The van der Waals surface area contributed by atoms with Crippen LogP contribution in [-0.2, 0) is 25.5 Å². The zero-order valence-corrected chi connectivity index (χ0v) is 32.8. The molecule has 0 aliphatic carbocycles. The molecule has 257 valence electrons. The number of nitrogens with zero attached hydrogens (tertiary/aromatic N) is 3. The molecule has 0 fully saturated rings. The van der Waals surface area contributed by atoms with Gasteiger partial charge in [0.05, 0.1) is 5.58 Å². The predicted molar refractivity (Wildman–Crippen MR) is 207 cm³/mol. The van der Waals surface area contributed by atoms with Crippen LogP contribution in [0.4, 0.5) is 0 Å². The van der Waals surface area contributed by atoms with Gasteiger partial charge in [0.15, 0.2) is 0 Å². The van der Waals surface area contributed by atoms with Crippen molar-refractivity contribution in [2.45, 2.75) is 60.8 Å². The van der Waals surface area contributed by atoms with Gasteiger partial charge >= 0.3 is 0 Å². The molecule has 4 aromatic carbocycles. The van der Waals surface area contributed by atoms with Crippen LogP contribution in [-0.4, -0.2) is 15.0 Å². The molecule has 0 bridgehead atoms. The second-order valence-corrected chi connectivity index (χ2v) is 14.3. The summed E-state index contributed by atoms with van der Waals surface area (Å²) in [6, 6.07) is 36.6. The van der Waals surface area contributed by atoms with E-state index in [0.717, 1.165) is 55.6 Å². The number of pyridine rings is 3. The maximum absolute atomic E-state index is 5.71. The molecule has 0 atom stereocenters. The maximum Gasteiger partial charge on any atom is 0.0847 e. The van der Waals surface area contributed by atoms with E-state index >= 15 is 0 Å². The first kappa shape index (κ1) is 35.9. The summed E-state index contributed by atoms with van der Waals surface area (Å²) in [5.41, 5.74) is 15.3. The van der Waals surface area contributed by atoms with E-state index in [1.807, 2.05) is 37.5 Å². The molecule has 8 aromatic rings. The van der Waals surface area contributed by atoms with Crippen molar-refractivity contribution in [1.29, 1.82) is 0 Å². The predicted octanol–water partition coefficient (Wildman–Crippen LogP) is 12.0. The molecule has 0 N–H and O–H groups in total. The van der Waals surface area contributed by atoms with Crippen molar-refractivity contribution in [2.24, 2.45) is 0 Å². The second kappa shape index (κ2) is 14.3. The van der Waals surface area contributed by atoms with E-state index in [4.69, 9.17) is 14.4 Å². The summed E-state index contributed by atoms with van der Waals surface area (Å²) in [4.78, 5) is 14.1. The van der Waals surface area contributed by atoms with Crippen LogP contribution in [0, 0.1) is 46.8 Å². The van der Waals surface area contributed by atoms with Gasteiger partial charge in [-0.1, -0.05) is 123 Å². The largest absolute Gasteiger partial charge is 0.506 e. The Morgan fingerprint density at radius 1 is 0.686 bits per heavy atom. The van der Waals surface area contributed by atoms with Crippen molar-refractivity contribution < 1.29 is 24.5 Å². The first-order valence-electron chi connectivity index (χ1n) is 17.1. The molecule has 0 aliphatic heterocycles. The van der Waals surface area contributed by atoms with E-state index in [9.17, 15) is 0 Å². The summed E-state index contributed by atoms with van der Waals surface area (Å²) in [6.45, 7) is 17.2. The Kier molecular flexibility index (Phi) is 10.1. The van der Waals surface area contributed by atoms with E-state index in [1.54, 1.807) is 6.26 Å². The topological polar surface area (TPSA) is 51.8 Å². The summed E-state index contributed by atoms with van der Waals surface area (Å²) >= 11 is 0. The van der Waals surface area contributed by atoms with E-state index < -0.39 is 0 Å². The van der Waals surface area contributed by atoms with Gasteiger partial charge in [-0.15, -0.1) is 41.0 Å². The summed E-state index contributed by atoms with van der Waals surface area (Å²) in [7, 11) is 0. The second-order valence-electron chi connectivity index (χ2n) is 14.3. The fraction of sp³-hybridized carbons (Fsp3) is 0.196. The molecule has 8 rings (SSSR count). The molecular formula is C46H41IrN3O-2. The molecule has 0 unspecified atom stereocenters. The zero-order valence-electron chi connectivity index (χ0n) is 30.4. The normalized spacial score (nSPS) is 11.4. The minimum absolute atomic E-state index is 0. The van der Waals surface area contributed by atoms with E-state index in [1.165, 1.54) is 44.2 Å². The Bertz CT molecular complexity index is 2470. The minimum Gasteiger partial charge on any atom is -0.506 e. The fourth-order valence-electron chi connectivity index (χ4n) is 6.22. The monoisotopic (exact) mass is 844 g/mol. The number of aryl methyl sites for hydroxylation is 5. The molecule has 1 radical (unpaired) electrons. The molecular weight excluding hydrogens is 803 g/mol. The average molecular weight is 844 g/mol. The third kappa shape index (κ3) is 7.28. The maximum atomic E-state index is 5.71. The summed E-state index contributed by atoms with van der Waals surface area (Å²) in [5.74, 6) is 0. The average Bonchev–Trinajstić information content (AvgIpc) is 3.59. The molecule has 0 amide bonds. The summed E-state index contributed by atoms with van der Waals surface area (Å²) in [5, 5.41) is 4.39. The van der Waals surface area contributed by atoms with Crippen molar-refractivity contribution in [3.05, 3.63) is 149 Å². The van der Waals surface area contributed by atoms with Gasteiger partial charge in [-0.05, 0) is 71.0 Å². The molecule has 4 nitrogen and oxygen atoms in total. The third-order valence-corrected chi connectivity index (χ3v) is 9.60. The van der Waals surface area contributed by atoms with Gasteiger partial charge < -0.3 is 9.40 Å². The SMILES string of the molecule is Cc1c[c-]c(-c2cc(C)c(C)cn2)cc1C.Cc1ccc2c(-c3ccc(-c4cccc5cc(C(C)(C)C)ccc45)cn3)[c-]c3ccoc3c2n1.[Ir]. The van der Waals surface area contributed by atoms with Gasteiger partial charge in [-0.25, -0.2) is 0 Å². The number of aromatic nitrogens is 3. The summed E-state index contributed by atoms with van der Waals surface area (Å²) in [6.07, 6.45) is 5.58. The van der Waals surface area contributed by atoms with Gasteiger partial charge in [0.25, 0.3) is 0 Å². The van der Waals surface area contributed by atoms with E-state index in [-0.39, 0.29) is 25.5 Å². The quantitative estimate of drug-likeness (QED) is 0.166. The first-order chi connectivity index (χ1) is 24.0. The molecule has 4 aromatic heterocycles. The number of rotatable bonds is 3. The van der Waals surface area contributed by atoms with Gasteiger partial charge in [0.2, 0.25) is 0 Å². The third-order valence-electron chi connectivity index (χ3n) is 9.60. The van der Waals surface area contributed by atoms with Crippen molar-refractivity contribution in [3.63, 3.8) is 0 Å². The Morgan fingerprint density at radius 3 is 2.18 bits per heavy atom. The number of fused-ring (bicyclic) bond motifs is 4. The minimum atomic E-state index is 0. The van der Waals surface area contributed by atoms with E-state index in [0.29, 0.717) is 0 Å². The van der Waals surface area contributed by atoms with Crippen LogP contribution in [0.2, 0.25) is 0 Å². The van der Waals surface area contributed by atoms with Crippen LogP contribution in [0.15, 0.2) is 108 Å². The van der Waals surface area contributed by atoms with Gasteiger partial charge in [0, 0.05) is 55.7 Å². The smallest absolute Gasteiger partial charge is 0.0847 e. The molecule has 4 heterocycles. The van der Waals surface area contributed by atoms with Crippen LogP contribution in [0.1, 0.15) is 54.3 Å². The van der Waals surface area contributed by atoms with Gasteiger partial charge in [-0.2, -0.15) is 0 Å². The van der Waals surface area contributed by atoms with Crippen LogP contribution in [0.25, 0.3) is 66.3 Å². The van der Waals surface area contributed by atoms with Gasteiger partial charge in [-0.3, -0.25) is 9.97 Å². The Hall–Kier alpha value is -4.96. The van der Waals surface area contributed by atoms with E-state index in [2.05, 4.69) is 132 Å². The Morgan fingerprint density at radius 2 is 1.45 bits per heavy atom. The number of furan rings is 1. The Labute approximate surface area is 314 Å². The summed E-state index contributed by atoms with van der Waals surface area (Å²) < 4.78 is 5.71. The Balaban J connectivity index is 0.000000222. The van der Waals surface area contributed by atoms with Crippen molar-refractivity contribution >= 4 is 32.6 Å². The zero-order chi connectivity index (χ0) is 35.2. The van der Waals surface area contributed by atoms with Crippen LogP contribution in [0.3, 0.4) is 0 Å². The number of hydrogen-bond donors (Lipinski definition) is 0. The van der Waals surface area contributed by atoms with Gasteiger partial charge in [0.1, 0.15) is 0 Å². The number of hydrogen-bond acceptors (Lipinski definition) is 4. The molecule has 5 heteroatoms. The molecule has 0 saturated heterocycles. The molecule has 0 aliphatic rings. The number of benzene rings is 4. The standard InChI is InChI=1S/C31H25N2O.C15H16N.Ir/c1-19-8-11-26-27(17-21-14-15-34-30(21)29(26)33-19)28-13-9-22(18-32-28)24-7-5-6-20-16-23(31(2,3)4)10-12-25(20)24;1-10-5-6-14(7-11(10)2)15-8-12(3)13(4)9-16-15;/h5-16,18H,1-4H3;5,7-9H,1-4H3;/q2*-1;. The first-order valence-corrected chi connectivity index (χ1v) is 17.1. The van der Waals surface area contributed by atoms with Crippen LogP contribution < -0.4 is 0 Å². The van der Waals surface area contributed by atoms with Crippen LogP contribution >= 0.6 is 0 Å².